The molecule has 1 aromatic rings. The number of nitrogens with one attached hydrogen (secondary N) is 1. The lowest BCUT2D eigenvalue weighted by Crippen LogP contribution is -2.26. The van der Waals surface area contributed by atoms with Crippen molar-refractivity contribution in [1.29, 1.82) is 0 Å². The van der Waals surface area contributed by atoms with Crippen LogP contribution in [0.3, 0.4) is 0 Å². The molecule has 0 atom stereocenters. The third kappa shape index (κ3) is 6.33. The Bertz CT molecular complexity index is 457. The molecule has 1 aromatic carbocycles. The predicted octanol–water partition coefficient (Wildman–Crippen LogP) is 4.29. The number of hydrogen-bond acceptors (Lipinski definition) is 2. The van der Waals surface area contributed by atoms with E-state index >= 15 is 0 Å². The van der Waals surface area contributed by atoms with Crippen LogP contribution in [0.2, 0.25) is 0 Å². The maximum atomic E-state index is 11.5. The van der Waals surface area contributed by atoms with Crippen molar-refractivity contribution < 1.29 is 4.79 Å². The van der Waals surface area contributed by atoms with E-state index in [2.05, 4.69) is 54.9 Å². The van der Waals surface area contributed by atoms with Crippen LogP contribution in [-0.4, -0.2) is 19.0 Å². The third-order valence-corrected chi connectivity index (χ3v) is 3.71. The Morgan fingerprint density at radius 2 is 1.64 bits per heavy atom. The number of rotatable bonds is 10. The van der Waals surface area contributed by atoms with E-state index in [1.165, 1.54) is 31.4 Å². The van der Waals surface area contributed by atoms with Crippen LogP contribution in [0.1, 0.15) is 52.0 Å². The summed E-state index contributed by atoms with van der Waals surface area (Å²) in [5.41, 5.74) is 2.93. The maximum absolute atomic E-state index is 11.5. The molecule has 1 N–H and O–H groups in total. The molecule has 0 aliphatic rings. The van der Waals surface area contributed by atoms with E-state index in [4.69, 9.17) is 0 Å². The third-order valence-electron chi connectivity index (χ3n) is 3.71. The van der Waals surface area contributed by atoms with Crippen molar-refractivity contribution in [1.82, 2.24) is 5.32 Å². The molecule has 0 saturated heterocycles. The lowest BCUT2D eigenvalue weighted by molar-refractivity contribution is -0.117. The first kappa shape index (κ1) is 18.3. The number of anilines is 1. The van der Waals surface area contributed by atoms with Crippen molar-refractivity contribution in [2.24, 2.45) is 0 Å². The number of unbranched alkanes of at least 4 members (excludes halogenated alkanes) is 2. The first-order chi connectivity index (χ1) is 10.6. The summed E-state index contributed by atoms with van der Waals surface area (Å²) in [5, 5.41) is 2.86. The van der Waals surface area contributed by atoms with Gasteiger partial charge in [-0.3, -0.25) is 4.79 Å². The van der Waals surface area contributed by atoms with Gasteiger partial charge in [-0.1, -0.05) is 45.4 Å². The van der Waals surface area contributed by atoms with E-state index in [1.807, 2.05) is 0 Å². The Morgan fingerprint density at radius 3 is 2.09 bits per heavy atom. The van der Waals surface area contributed by atoms with Crippen LogP contribution < -0.4 is 10.2 Å². The Labute approximate surface area is 135 Å². The van der Waals surface area contributed by atoms with Gasteiger partial charge in [0.05, 0.1) is 0 Å². The summed E-state index contributed by atoms with van der Waals surface area (Å²) < 4.78 is 0. The minimum Gasteiger partial charge on any atom is -0.372 e. The molecule has 0 saturated carbocycles. The molecule has 0 heterocycles. The van der Waals surface area contributed by atoms with Crippen LogP contribution in [0.5, 0.6) is 0 Å². The summed E-state index contributed by atoms with van der Waals surface area (Å²) >= 11 is 0. The molecule has 1 rings (SSSR count). The van der Waals surface area contributed by atoms with Crippen LogP contribution in [-0.2, 0) is 11.3 Å². The first-order valence-corrected chi connectivity index (χ1v) is 8.36. The van der Waals surface area contributed by atoms with Gasteiger partial charge in [-0.15, -0.1) is 0 Å². The molecule has 0 fully saturated rings. The van der Waals surface area contributed by atoms with Gasteiger partial charge in [0.2, 0.25) is 5.91 Å². The molecule has 3 nitrogen and oxygen atoms in total. The Morgan fingerprint density at radius 1 is 1.09 bits per heavy atom. The SMILES string of the molecule is C=C(C)C(=O)NCc1ccc(N(CCCC)CCCC)cc1. The quantitative estimate of drug-likeness (QED) is 0.654. The van der Waals surface area contributed by atoms with Gasteiger partial charge in [0.15, 0.2) is 0 Å². The highest BCUT2D eigenvalue weighted by molar-refractivity contribution is 5.91. The second-order valence-corrected chi connectivity index (χ2v) is 5.82. The predicted molar refractivity (Wildman–Crippen MR) is 95.1 cm³/mol. The minimum absolute atomic E-state index is 0.0865. The monoisotopic (exact) mass is 302 g/mol. The minimum atomic E-state index is -0.0865. The number of amides is 1. The zero-order valence-electron chi connectivity index (χ0n) is 14.3. The number of carbonyl (C=O) groups excluding carboxylic acids is 1. The Balaban J connectivity index is 2.63. The van der Waals surface area contributed by atoms with Gasteiger partial charge in [0, 0.05) is 30.9 Å². The summed E-state index contributed by atoms with van der Waals surface area (Å²) in [5.74, 6) is -0.0865. The largest absolute Gasteiger partial charge is 0.372 e. The number of benzene rings is 1. The smallest absolute Gasteiger partial charge is 0.246 e. The average molecular weight is 302 g/mol. The molecule has 0 unspecified atom stereocenters. The molecule has 0 aliphatic heterocycles. The van der Waals surface area contributed by atoms with Crippen molar-refractivity contribution in [2.75, 3.05) is 18.0 Å². The molecular weight excluding hydrogens is 272 g/mol. The van der Waals surface area contributed by atoms with Gasteiger partial charge in [-0.05, 0) is 37.5 Å². The molecule has 0 spiro atoms. The van der Waals surface area contributed by atoms with Crippen LogP contribution in [0, 0.1) is 0 Å². The normalized spacial score (nSPS) is 10.3. The Hall–Kier alpha value is -1.77. The van der Waals surface area contributed by atoms with Crippen LogP contribution in [0.25, 0.3) is 0 Å². The summed E-state index contributed by atoms with van der Waals surface area (Å²) in [6.07, 6.45) is 4.88. The van der Waals surface area contributed by atoms with Crippen molar-refractivity contribution in [3.63, 3.8) is 0 Å². The zero-order valence-corrected chi connectivity index (χ0v) is 14.3. The van der Waals surface area contributed by atoms with Gasteiger partial charge < -0.3 is 10.2 Å². The van der Waals surface area contributed by atoms with Gasteiger partial charge in [0.25, 0.3) is 0 Å². The fraction of sp³-hybridized carbons (Fsp3) is 0.526. The van der Waals surface area contributed by atoms with Crippen molar-refractivity contribution in [3.05, 3.63) is 42.0 Å². The van der Waals surface area contributed by atoms with Crippen LogP contribution in [0.4, 0.5) is 5.69 Å². The number of carbonyl (C=O) groups is 1. The van der Waals surface area contributed by atoms with E-state index in [0.29, 0.717) is 12.1 Å². The van der Waals surface area contributed by atoms with E-state index < -0.39 is 0 Å². The van der Waals surface area contributed by atoms with Crippen LogP contribution in [0.15, 0.2) is 36.4 Å². The molecule has 0 radical (unpaired) electrons. The van der Waals surface area contributed by atoms with Gasteiger partial charge >= 0.3 is 0 Å². The van der Waals surface area contributed by atoms with Crippen molar-refractivity contribution in [3.8, 4) is 0 Å². The van der Waals surface area contributed by atoms with E-state index in [0.717, 1.165) is 18.7 Å². The fourth-order valence-corrected chi connectivity index (χ4v) is 2.23. The average Bonchev–Trinajstić information content (AvgIpc) is 2.53. The number of hydrogen-bond donors (Lipinski definition) is 1. The molecule has 0 aliphatic carbocycles. The highest BCUT2D eigenvalue weighted by Gasteiger charge is 2.06. The molecule has 22 heavy (non-hydrogen) atoms. The van der Waals surface area contributed by atoms with Gasteiger partial charge in [0.1, 0.15) is 0 Å². The maximum Gasteiger partial charge on any atom is 0.246 e. The fourth-order valence-electron chi connectivity index (χ4n) is 2.23. The highest BCUT2D eigenvalue weighted by Crippen LogP contribution is 2.17. The molecule has 0 aromatic heterocycles. The zero-order chi connectivity index (χ0) is 16.4. The van der Waals surface area contributed by atoms with E-state index in [-0.39, 0.29) is 5.91 Å². The second-order valence-electron chi connectivity index (χ2n) is 5.82. The van der Waals surface area contributed by atoms with Crippen LogP contribution >= 0.6 is 0 Å². The molecule has 1 amide bonds. The Kier molecular flexibility index (Phi) is 8.34. The second kappa shape index (κ2) is 10.0. The number of nitrogens with zero attached hydrogens (tertiary/aromatic N) is 1. The highest BCUT2D eigenvalue weighted by atomic mass is 16.1. The molecule has 3 heteroatoms. The van der Waals surface area contributed by atoms with Crippen molar-refractivity contribution >= 4 is 11.6 Å². The summed E-state index contributed by atoms with van der Waals surface area (Å²) in [4.78, 5) is 14.0. The summed E-state index contributed by atoms with van der Waals surface area (Å²) in [6, 6.07) is 8.51. The topological polar surface area (TPSA) is 32.3 Å². The van der Waals surface area contributed by atoms with Gasteiger partial charge in [-0.2, -0.15) is 0 Å². The summed E-state index contributed by atoms with van der Waals surface area (Å²) in [7, 11) is 0. The molecule has 122 valence electrons. The standard InChI is InChI=1S/C19H30N2O/c1-5-7-13-21(14-8-6-2)18-11-9-17(10-12-18)15-20-19(22)16(3)4/h9-12H,3,5-8,13-15H2,1-2,4H3,(H,20,22). The first-order valence-electron chi connectivity index (χ1n) is 8.36. The summed E-state index contributed by atoms with van der Waals surface area (Å²) in [6.45, 7) is 12.6. The lowest BCUT2D eigenvalue weighted by atomic mass is 10.1. The molecular formula is C19H30N2O. The van der Waals surface area contributed by atoms with Gasteiger partial charge in [-0.25, -0.2) is 0 Å². The van der Waals surface area contributed by atoms with E-state index in [9.17, 15) is 4.79 Å². The van der Waals surface area contributed by atoms with E-state index in [1.54, 1.807) is 6.92 Å². The lowest BCUT2D eigenvalue weighted by Gasteiger charge is -2.25. The van der Waals surface area contributed by atoms with Crippen molar-refractivity contribution in [2.45, 2.75) is 53.0 Å². The molecule has 0 bridgehead atoms.